The Bertz CT molecular complexity index is 788. The summed E-state index contributed by atoms with van der Waals surface area (Å²) in [6.45, 7) is 1.76. The van der Waals surface area contributed by atoms with Crippen molar-refractivity contribution in [3.8, 4) is 17.9 Å². The van der Waals surface area contributed by atoms with Gasteiger partial charge in [-0.1, -0.05) is 18.2 Å². The van der Waals surface area contributed by atoms with Gasteiger partial charge in [0.05, 0.1) is 30.5 Å². The van der Waals surface area contributed by atoms with Crippen LogP contribution in [0.25, 0.3) is 0 Å². The van der Waals surface area contributed by atoms with Crippen LogP contribution < -0.4 is 9.64 Å². The molecule has 0 saturated carbocycles. The van der Waals surface area contributed by atoms with Crippen LogP contribution in [-0.2, 0) is 4.74 Å². The highest BCUT2D eigenvalue weighted by atomic mass is 16.5. The van der Waals surface area contributed by atoms with Crippen LogP contribution in [-0.4, -0.2) is 26.8 Å². The molecule has 2 aromatic rings. The molecule has 1 atom stereocenters. The fourth-order valence-corrected chi connectivity index (χ4v) is 2.96. The van der Waals surface area contributed by atoms with Gasteiger partial charge in [-0.15, -0.1) is 0 Å². The molecule has 1 unspecified atom stereocenters. The van der Waals surface area contributed by atoms with Gasteiger partial charge in [-0.05, 0) is 29.8 Å². The molecule has 0 radical (unpaired) electrons. The van der Waals surface area contributed by atoms with E-state index >= 15 is 0 Å². The van der Waals surface area contributed by atoms with E-state index in [1.54, 1.807) is 25.3 Å². The lowest BCUT2D eigenvalue weighted by atomic mass is 10.0. The van der Waals surface area contributed by atoms with E-state index in [1.807, 2.05) is 24.3 Å². The second-order valence-corrected chi connectivity index (χ2v) is 5.51. The van der Waals surface area contributed by atoms with Crippen molar-refractivity contribution in [2.45, 2.75) is 6.10 Å². The van der Waals surface area contributed by atoms with Crippen molar-refractivity contribution in [1.82, 2.24) is 0 Å². The number of benzene rings is 2. The van der Waals surface area contributed by atoms with Gasteiger partial charge in [-0.2, -0.15) is 10.5 Å². The molecule has 120 valence electrons. The van der Waals surface area contributed by atoms with E-state index in [-0.39, 0.29) is 6.10 Å². The number of morpholine rings is 1. The maximum Gasteiger partial charge on any atom is 0.119 e. The third-order valence-corrected chi connectivity index (χ3v) is 4.13. The van der Waals surface area contributed by atoms with E-state index in [0.717, 1.165) is 11.3 Å². The van der Waals surface area contributed by atoms with Crippen LogP contribution in [0, 0.1) is 22.7 Å². The van der Waals surface area contributed by atoms with Gasteiger partial charge in [0.25, 0.3) is 0 Å². The second-order valence-electron chi connectivity index (χ2n) is 5.51. The van der Waals surface area contributed by atoms with Crippen molar-refractivity contribution in [1.29, 1.82) is 10.5 Å². The summed E-state index contributed by atoms with van der Waals surface area (Å²) in [5, 5.41) is 18.8. The zero-order chi connectivity index (χ0) is 16.9. The first-order valence-electron chi connectivity index (χ1n) is 7.70. The van der Waals surface area contributed by atoms with Gasteiger partial charge < -0.3 is 14.4 Å². The van der Waals surface area contributed by atoms with Crippen LogP contribution in [0.15, 0.2) is 42.5 Å². The monoisotopic (exact) mass is 319 g/mol. The van der Waals surface area contributed by atoms with E-state index in [1.165, 1.54) is 0 Å². The molecule has 1 aliphatic rings. The van der Waals surface area contributed by atoms with Gasteiger partial charge in [0.2, 0.25) is 0 Å². The molecule has 0 N–H and O–H groups in total. The minimum absolute atomic E-state index is 0.132. The molecular weight excluding hydrogens is 302 g/mol. The molecule has 1 aliphatic heterocycles. The summed E-state index contributed by atoms with van der Waals surface area (Å²) in [6, 6.07) is 17.4. The Balaban J connectivity index is 1.92. The molecule has 0 aromatic heterocycles. The first-order chi connectivity index (χ1) is 11.8. The third kappa shape index (κ3) is 3.03. The molecule has 1 fully saturated rings. The maximum atomic E-state index is 9.39. The van der Waals surface area contributed by atoms with Crippen molar-refractivity contribution in [3.05, 3.63) is 59.2 Å². The number of nitriles is 2. The zero-order valence-electron chi connectivity index (χ0n) is 13.4. The third-order valence-electron chi connectivity index (χ3n) is 4.13. The molecular formula is C19H17N3O2. The van der Waals surface area contributed by atoms with Crippen LogP contribution in [0.4, 0.5) is 5.69 Å². The minimum atomic E-state index is -0.132. The predicted octanol–water partition coefficient (Wildman–Crippen LogP) is 3.02. The summed E-state index contributed by atoms with van der Waals surface area (Å²) in [4.78, 5) is 2.06. The van der Waals surface area contributed by atoms with Crippen molar-refractivity contribution >= 4 is 5.69 Å². The summed E-state index contributed by atoms with van der Waals surface area (Å²) in [6.07, 6.45) is -0.132. The van der Waals surface area contributed by atoms with Gasteiger partial charge in [-0.25, -0.2) is 0 Å². The average molecular weight is 319 g/mol. The summed E-state index contributed by atoms with van der Waals surface area (Å²) in [5.41, 5.74) is 2.74. The molecule has 0 aliphatic carbocycles. The largest absolute Gasteiger partial charge is 0.497 e. The lowest BCUT2D eigenvalue weighted by Gasteiger charge is -2.35. The zero-order valence-corrected chi connectivity index (χ0v) is 13.4. The smallest absolute Gasteiger partial charge is 0.119 e. The molecule has 2 aromatic carbocycles. The average Bonchev–Trinajstić information content (AvgIpc) is 2.67. The lowest BCUT2D eigenvalue weighted by Crippen LogP contribution is -2.39. The van der Waals surface area contributed by atoms with Crippen LogP contribution in [0.5, 0.6) is 5.75 Å². The predicted molar refractivity (Wildman–Crippen MR) is 89.8 cm³/mol. The van der Waals surface area contributed by atoms with Gasteiger partial charge >= 0.3 is 0 Å². The fourth-order valence-electron chi connectivity index (χ4n) is 2.96. The van der Waals surface area contributed by atoms with Gasteiger partial charge in [0.1, 0.15) is 24.0 Å². The quantitative estimate of drug-likeness (QED) is 0.870. The van der Waals surface area contributed by atoms with E-state index < -0.39 is 0 Å². The highest BCUT2D eigenvalue weighted by Gasteiger charge is 2.25. The number of para-hydroxylation sites is 1. The molecule has 1 heterocycles. The summed E-state index contributed by atoms with van der Waals surface area (Å²) >= 11 is 0. The Morgan fingerprint density at radius 2 is 1.83 bits per heavy atom. The first-order valence-corrected chi connectivity index (χ1v) is 7.70. The highest BCUT2D eigenvalue weighted by Crippen LogP contribution is 2.31. The van der Waals surface area contributed by atoms with Crippen LogP contribution in [0.3, 0.4) is 0 Å². The molecule has 0 amide bonds. The molecule has 3 rings (SSSR count). The Morgan fingerprint density at radius 1 is 1.12 bits per heavy atom. The highest BCUT2D eigenvalue weighted by molar-refractivity contribution is 5.68. The molecule has 24 heavy (non-hydrogen) atoms. The van der Waals surface area contributed by atoms with Gasteiger partial charge in [0, 0.05) is 13.1 Å². The molecule has 5 heteroatoms. The SMILES string of the molecule is COc1cccc(C2CN(c3c(C#N)cccc3C#N)CCO2)c1. The Labute approximate surface area is 141 Å². The second kappa shape index (κ2) is 7.04. The topological polar surface area (TPSA) is 69.3 Å². The van der Waals surface area contributed by atoms with Gasteiger partial charge in [0.15, 0.2) is 0 Å². The van der Waals surface area contributed by atoms with Crippen LogP contribution >= 0.6 is 0 Å². The van der Waals surface area contributed by atoms with Crippen molar-refractivity contribution in [2.75, 3.05) is 31.7 Å². The van der Waals surface area contributed by atoms with Crippen molar-refractivity contribution in [3.63, 3.8) is 0 Å². The Morgan fingerprint density at radius 3 is 2.50 bits per heavy atom. The van der Waals surface area contributed by atoms with E-state index in [0.29, 0.717) is 36.5 Å². The standard InChI is InChI=1S/C19H17N3O2/c1-23-17-7-3-4-14(10-17)18-13-22(8-9-24-18)19-15(11-20)5-2-6-16(19)12-21/h2-7,10,18H,8-9,13H2,1H3. The van der Waals surface area contributed by atoms with E-state index in [4.69, 9.17) is 9.47 Å². The van der Waals surface area contributed by atoms with Crippen LogP contribution in [0.1, 0.15) is 22.8 Å². The number of rotatable bonds is 3. The van der Waals surface area contributed by atoms with E-state index in [2.05, 4.69) is 17.0 Å². The Hall–Kier alpha value is -3.02. The van der Waals surface area contributed by atoms with Crippen molar-refractivity contribution in [2.24, 2.45) is 0 Å². The van der Waals surface area contributed by atoms with E-state index in [9.17, 15) is 10.5 Å². The fraction of sp³-hybridized carbons (Fsp3) is 0.263. The molecule has 1 saturated heterocycles. The number of ether oxygens (including phenoxy) is 2. The summed E-state index contributed by atoms with van der Waals surface area (Å²) < 4.78 is 11.2. The number of hydrogen-bond donors (Lipinski definition) is 0. The van der Waals surface area contributed by atoms with Gasteiger partial charge in [-0.3, -0.25) is 0 Å². The molecule has 0 bridgehead atoms. The van der Waals surface area contributed by atoms with Crippen molar-refractivity contribution < 1.29 is 9.47 Å². The Kier molecular flexibility index (Phi) is 4.65. The summed E-state index contributed by atoms with van der Waals surface area (Å²) in [5.74, 6) is 0.781. The van der Waals surface area contributed by atoms with Crippen LogP contribution in [0.2, 0.25) is 0 Å². The first kappa shape index (κ1) is 15.9. The molecule has 5 nitrogen and oxygen atoms in total. The number of anilines is 1. The minimum Gasteiger partial charge on any atom is -0.497 e. The number of hydrogen-bond acceptors (Lipinski definition) is 5. The number of methoxy groups -OCH3 is 1. The summed E-state index contributed by atoms with van der Waals surface area (Å²) in [7, 11) is 1.63. The number of nitrogens with zero attached hydrogens (tertiary/aromatic N) is 3. The maximum absolute atomic E-state index is 9.39. The lowest BCUT2D eigenvalue weighted by molar-refractivity contribution is 0.0396. The molecule has 0 spiro atoms. The normalized spacial score (nSPS) is 17.0.